The van der Waals surface area contributed by atoms with E-state index in [2.05, 4.69) is 71.6 Å². The molecule has 24 heavy (non-hydrogen) atoms. The summed E-state index contributed by atoms with van der Waals surface area (Å²) in [6.45, 7) is 6.84. The molecule has 0 bridgehead atoms. The van der Waals surface area contributed by atoms with Crippen molar-refractivity contribution in [3.05, 3.63) is 35.9 Å². The van der Waals surface area contributed by atoms with E-state index in [1.807, 2.05) is 0 Å². The van der Waals surface area contributed by atoms with Gasteiger partial charge in [-0.2, -0.15) is 11.8 Å². The van der Waals surface area contributed by atoms with Gasteiger partial charge in [0, 0.05) is 31.4 Å². The van der Waals surface area contributed by atoms with Gasteiger partial charge in [-0.1, -0.05) is 30.3 Å². The van der Waals surface area contributed by atoms with E-state index in [9.17, 15) is 0 Å². The van der Waals surface area contributed by atoms with Crippen molar-refractivity contribution in [1.29, 1.82) is 0 Å². The number of hydrogen-bond acceptors (Lipinski definition) is 3. The molecule has 136 valence electrons. The number of rotatable bonds is 8. The molecule has 1 unspecified atom stereocenters. The normalized spacial score (nSPS) is 17.6. The Labute approximate surface area is 168 Å². The van der Waals surface area contributed by atoms with Crippen molar-refractivity contribution in [3.8, 4) is 0 Å². The van der Waals surface area contributed by atoms with E-state index >= 15 is 0 Å². The van der Waals surface area contributed by atoms with Crippen molar-refractivity contribution in [3.63, 3.8) is 0 Å². The number of nitrogens with one attached hydrogen (secondary N) is 2. The minimum absolute atomic E-state index is 0. The van der Waals surface area contributed by atoms with Gasteiger partial charge in [-0.25, -0.2) is 0 Å². The number of benzene rings is 1. The summed E-state index contributed by atoms with van der Waals surface area (Å²) in [5, 5.41) is 7.50. The summed E-state index contributed by atoms with van der Waals surface area (Å²) < 4.78 is 0. The van der Waals surface area contributed by atoms with Crippen LogP contribution in [0.1, 0.15) is 25.3 Å². The molecule has 0 amide bonds. The number of halogens is 1. The molecule has 1 fully saturated rings. The van der Waals surface area contributed by atoms with Crippen LogP contribution in [0.2, 0.25) is 0 Å². The van der Waals surface area contributed by atoms with Crippen molar-refractivity contribution in [2.45, 2.75) is 31.6 Å². The summed E-state index contributed by atoms with van der Waals surface area (Å²) in [6, 6.07) is 10.6. The smallest absolute Gasteiger partial charge is 0.191 e. The molecule has 0 aliphatic carbocycles. The number of nitrogens with zero attached hydrogens (tertiary/aromatic N) is 2. The van der Waals surface area contributed by atoms with Crippen molar-refractivity contribution in [2.24, 2.45) is 4.99 Å². The van der Waals surface area contributed by atoms with Gasteiger partial charge in [-0.3, -0.25) is 4.99 Å². The third-order valence-electron chi connectivity index (χ3n) is 3.90. The molecule has 1 saturated heterocycles. The second kappa shape index (κ2) is 12.8. The lowest BCUT2D eigenvalue weighted by molar-refractivity contribution is 0.331. The Balaban J connectivity index is 0.00000288. The minimum atomic E-state index is 0. The van der Waals surface area contributed by atoms with Gasteiger partial charge in [0.05, 0.1) is 6.54 Å². The Kier molecular flexibility index (Phi) is 11.5. The Hall–Kier alpha value is -0.470. The Morgan fingerprint density at radius 3 is 2.75 bits per heavy atom. The average Bonchev–Trinajstić information content (AvgIpc) is 3.07. The van der Waals surface area contributed by atoms with E-state index in [-0.39, 0.29) is 24.0 Å². The molecule has 1 aromatic rings. The highest BCUT2D eigenvalue weighted by Gasteiger charge is 2.14. The first-order valence-electron chi connectivity index (χ1n) is 8.64. The van der Waals surface area contributed by atoms with Gasteiger partial charge in [0.15, 0.2) is 5.96 Å². The third-order valence-corrected chi connectivity index (χ3v) is 5.28. The Morgan fingerprint density at radius 2 is 2.08 bits per heavy atom. The van der Waals surface area contributed by atoms with Gasteiger partial charge in [-0.15, -0.1) is 24.0 Å². The van der Waals surface area contributed by atoms with Gasteiger partial charge in [0.2, 0.25) is 0 Å². The lowest BCUT2D eigenvalue weighted by atomic mass is 10.2. The molecule has 0 radical (unpaired) electrons. The molecule has 1 aliphatic heterocycles. The maximum atomic E-state index is 4.73. The Bertz CT molecular complexity index is 463. The van der Waals surface area contributed by atoms with Crippen LogP contribution in [0.5, 0.6) is 0 Å². The summed E-state index contributed by atoms with van der Waals surface area (Å²) in [5.41, 5.74) is 1.36. The zero-order chi connectivity index (χ0) is 16.3. The van der Waals surface area contributed by atoms with Crippen LogP contribution in [0.3, 0.4) is 0 Å². The molecule has 4 nitrogen and oxygen atoms in total. The number of likely N-dealkylation sites (N-methyl/N-ethyl adjacent to an activating group) is 1. The molecule has 0 spiro atoms. The molecule has 2 N–H and O–H groups in total. The van der Waals surface area contributed by atoms with E-state index in [0.717, 1.165) is 38.7 Å². The van der Waals surface area contributed by atoms with Gasteiger partial charge in [0.25, 0.3) is 0 Å². The highest BCUT2D eigenvalue weighted by atomic mass is 127. The van der Waals surface area contributed by atoms with Crippen LogP contribution in [-0.2, 0) is 6.54 Å². The lowest BCUT2D eigenvalue weighted by Crippen LogP contribution is -2.41. The van der Waals surface area contributed by atoms with Gasteiger partial charge < -0.3 is 15.5 Å². The van der Waals surface area contributed by atoms with E-state index in [1.54, 1.807) is 0 Å². The first-order valence-corrected chi connectivity index (χ1v) is 9.69. The van der Waals surface area contributed by atoms with E-state index < -0.39 is 0 Å². The quantitative estimate of drug-likeness (QED) is 0.354. The molecular formula is C18H31IN4S. The predicted octanol–water partition coefficient (Wildman–Crippen LogP) is 3.19. The molecule has 0 saturated carbocycles. The molecule has 0 aromatic heterocycles. The topological polar surface area (TPSA) is 39.7 Å². The van der Waals surface area contributed by atoms with Gasteiger partial charge in [-0.05, 0) is 38.1 Å². The molecule has 1 atom stereocenters. The fourth-order valence-electron chi connectivity index (χ4n) is 2.66. The van der Waals surface area contributed by atoms with E-state index in [4.69, 9.17) is 4.99 Å². The molecule has 1 aliphatic rings. The van der Waals surface area contributed by atoms with E-state index in [1.165, 1.54) is 24.2 Å². The van der Waals surface area contributed by atoms with Crippen LogP contribution in [-0.4, -0.2) is 55.1 Å². The summed E-state index contributed by atoms with van der Waals surface area (Å²) in [7, 11) is 2.16. The fourth-order valence-corrected chi connectivity index (χ4v) is 3.84. The van der Waals surface area contributed by atoms with Crippen LogP contribution in [0.4, 0.5) is 0 Å². The summed E-state index contributed by atoms with van der Waals surface area (Å²) in [6.07, 6.45) is 2.66. The summed E-state index contributed by atoms with van der Waals surface area (Å²) >= 11 is 2.06. The molecule has 6 heteroatoms. The van der Waals surface area contributed by atoms with Crippen LogP contribution in [0, 0.1) is 0 Å². The van der Waals surface area contributed by atoms with Crippen molar-refractivity contribution in [1.82, 2.24) is 15.5 Å². The lowest BCUT2D eigenvalue weighted by Gasteiger charge is -2.18. The minimum Gasteiger partial charge on any atom is -0.357 e. The van der Waals surface area contributed by atoms with Gasteiger partial charge in [0.1, 0.15) is 0 Å². The van der Waals surface area contributed by atoms with Crippen molar-refractivity contribution in [2.75, 3.05) is 39.0 Å². The van der Waals surface area contributed by atoms with Crippen LogP contribution in [0.15, 0.2) is 35.3 Å². The van der Waals surface area contributed by atoms with Crippen molar-refractivity contribution < 1.29 is 0 Å². The van der Waals surface area contributed by atoms with Gasteiger partial charge >= 0.3 is 0 Å². The number of aliphatic imine (C=N–C) groups is 1. The first-order chi connectivity index (χ1) is 11.3. The maximum Gasteiger partial charge on any atom is 0.191 e. The average molecular weight is 462 g/mol. The fraction of sp³-hybridized carbons (Fsp3) is 0.611. The largest absolute Gasteiger partial charge is 0.357 e. The highest BCUT2D eigenvalue weighted by Crippen LogP contribution is 2.25. The molecular weight excluding hydrogens is 431 g/mol. The zero-order valence-corrected chi connectivity index (χ0v) is 18.0. The standard InChI is InChI=1S/C18H30N4S.HI/c1-3-19-18(21-14-17-10-7-13-23-17)20-11-12-22(2)15-16-8-5-4-6-9-16;/h4-6,8-9,17H,3,7,10-15H2,1-2H3,(H2,19,20,21);1H. The predicted molar refractivity (Wildman–Crippen MR) is 118 cm³/mol. The molecule has 1 heterocycles. The molecule has 1 aromatic carbocycles. The molecule has 2 rings (SSSR count). The second-order valence-corrected chi connectivity index (χ2v) is 7.41. The number of hydrogen-bond donors (Lipinski definition) is 2. The van der Waals surface area contributed by atoms with Crippen LogP contribution in [0.25, 0.3) is 0 Å². The summed E-state index contributed by atoms with van der Waals surface area (Å²) in [5.74, 6) is 2.25. The second-order valence-electron chi connectivity index (χ2n) is 6.00. The zero-order valence-electron chi connectivity index (χ0n) is 14.8. The van der Waals surface area contributed by atoms with Crippen molar-refractivity contribution >= 4 is 41.7 Å². The number of guanidine groups is 1. The Morgan fingerprint density at radius 1 is 1.29 bits per heavy atom. The SMILES string of the molecule is CCNC(=NCC1CCCS1)NCCN(C)Cc1ccccc1.I. The van der Waals surface area contributed by atoms with E-state index in [0.29, 0.717) is 5.25 Å². The third kappa shape index (κ3) is 8.58. The van der Waals surface area contributed by atoms with Crippen LogP contribution >= 0.6 is 35.7 Å². The number of thioether (sulfide) groups is 1. The van der Waals surface area contributed by atoms with Crippen LogP contribution < -0.4 is 10.6 Å². The monoisotopic (exact) mass is 462 g/mol. The summed E-state index contributed by atoms with van der Waals surface area (Å²) in [4.78, 5) is 7.06. The first kappa shape index (κ1) is 21.6. The maximum absolute atomic E-state index is 4.73. The highest BCUT2D eigenvalue weighted by molar-refractivity contribution is 14.0.